The lowest BCUT2D eigenvalue weighted by Gasteiger charge is -2.20. The number of H-pyrrole nitrogens is 1. The predicted molar refractivity (Wildman–Crippen MR) is 117 cm³/mol. The third-order valence-electron chi connectivity index (χ3n) is 5.52. The van der Waals surface area contributed by atoms with Crippen molar-refractivity contribution >= 4 is 27.5 Å². The van der Waals surface area contributed by atoms with Gasteiger partial charge in [-0.1, -0.05) is 12.1 Å². The van der Waals surface area contributed by atoms with Crippen molar-refractivity contribution in [3.63, 3.8) is 0 Å². The Kier molecular flexibility index (Phi) is 5.76. The van der Waals surface area contributed by atoms with E-state index in [1.807, 2.05) is 18.2 Å². The van der Waals surface area contributed by atoms with Crippen molar-refractivity contribution in [3.8, 4) is 11.5 Å². The highest BCUT2D eigenvalue weighted by atomic mass is 32.1. The van der Waals surface area contributed by atoms with E-state index in [-0.39, 0.29) is 17.9 Å². The van der Waals surface area contributed by atoms with Crippen LogP contribution in [0, 0.1) is 0 Å². The zero-order chi connectivity index (χ0) is 21.3. The molecule has 0 atom stereocenters. The lowest BCUT2D eigenvalue weighted by Crippen LogP contribution is -2.27. The minimum Gasteiger partial charge on any atom is -0.493 e. The summed E-state index contributed by atoms with van der Waals surface area (Å²) in [6.07, 6.45) is 3.75. The molecule has 0 spiro atoms. The average molecular weight is 428 g/mol. The Morgan fingerprint density at radius 2 is 2.10 bits per heavy atom. The Morgan fingerprint density at radius 3 is 2.87 bits per heavy atom. The van der Waals surface area contributed by atoms with Crippen molar-refractivity contribution in [2.45, 2.75) is 38.6 Å². The molecule has 0 saturated heterocycles. The molecule has 1 aliphatic carbocycles. The monoisotopic (exact) mass is 427 g/mol. The summed E-state index contributed by atoms with van der Waals surface area (Å²) >= 11 is 1.61. The molecule has 1 amide bonds. The first-order valence-corrected chi connectivity index (χ1v) is 10.8. The summed E-state index contributed by atoms with van der Waals surface area (Å²) in [5, 5.41) is 0.741. The third kappa shape index (κ3) is 3.79. The SMILES string of the molecule is COc1cccc(CN(C)C(=O)CCc2nc3sc4c(c3c(=O)[nH]2)CCC4)c1OC. The second-order valence-electron chi connectivity index (χ2n) is 7.45. The molecule has 7 nitrogen and oxygen atoms in total. The van der Waals surface area contributed by atoms with E-state index in [1.165, 1.54) is 10.4 Å². The van der Waals surface area contributed by atoms with Gasteiger partial charge in [0, 0.05) is 36.9 Å². The van der Waals surface area contributed by atoms with Gasteiger partial charge < -0.3 is 19.4 Å². The van der Waals surface area contributed by atoms with E-state index in [9.17, 15) is 9.59 Å². The molecule has 30 heavy (non-hydrogen) atoms. The molecule has 0 saturated carbocycles. The molecular weight excluding hydrogens is 402 g/mol. The summed E-state index contributed by atoms with van der Waals surface area (Å²) in [7, 11) is 4.93. The maximum absolute atomic E-state index is 12.7. The van der Waals surface area contributed by atoms with Gasteiger partial charge in [0.15, 0.2) is 11.5 Å². The van der Waals surface area contributed by atoms with Gasteiger partial charge in [-0.25, -0.2) is 4.98 Å². The fourth-order valence-electron chi connectivity index (χ4n) is 4.00. The van der Waals surface area contributed by atoms with Gasteiger partial charge >= 0.3 is 0 Å². The highest BCUT2D eigenvalue weighted by molar-refractivity contribution is 7.18. The van der Waals surface area contributed by atoms with Gasteiger partial charge in [0.25, 0.3) is 5.56 Å². The van der Waals surface area contributed by atoms with Gasteiger partial charge in [0.1, 0.15) is 10.7 Å². The first-order valence-electron chi connectivity index (χ1n) is 9.99. The maximum atomic E-state index is 12.7. The van der Waals surface area contributed by atoms with E-state index in [2.05, 4.69) is 9.97 Å². The number of aromatic amines is 1. The molecule has 0 fully saturated rings. The molecule has 8 heteroatoms. The second kappa shape index (κ2) is 8.47. The Hall–Kier alpha value is -2.87. The molecule has 2 aromatic heterocycles. The summed E-state index contributed by atoms with van der Waals surface area (Å²) in [5.74, 6) is 1.79. The topological polar surface area (TPSA) is 84.5 Å². The standard InChI is InChI=1S/C22H25N3O4S/c1-25(12-13-6-4-8-15(28-2)20(13)29-3)18(26)11-10-17-23-21(27)19-14-7-5-9-16(14)30-22(19)24-17/h4,6,8H,5,7,9-12H2,1-3H3,(H,23,24,27). The van der Waals surface area contributed by atoms with Crippen molar-refractivity contribution in [3.05, 3.63) is 50.4 Å². The number of benzene rings is 1. The molecule has 1 N–H and O–H groups in total. The van der Waals surface area contributed by atoms with Gasteiger partial charge in [-0.15, -0.1) is 11.3 Å². The van der Waals surface area contributed by atoms with Crippen molar-refractivity contribution in [1.29, 1.82) is 0 Å². The number of carbonyl (C=O) groups is 1. The number of carbonyl (C=O) groups excluding carboxylic acids is 1. The van der Waals surface area contributed by atoms with Crippen LogP contribution in [0.2, 0.25) is 0 Å². The molecule has 4 rings (SSSR count). The van der Waals surface area contributed by atoms with Crippen LogP contribution in [0.3, 0.4) is 0 Å². The van der Waals surface area contributed by atoms with E-state index in [0.29, 0.717) is 30.3 Å². The van der Waals surface area contributed by atoms with Crippen LogP contribution in [0.25, 0.3) is 10.2 Å². The Morgan fingerprint density at radius 1 is 1.27 bits per heavy atom. The molecule has 1 aromatic carbocycles. The van der Waals surface area contributed by atoms with Crippen molar-refractivity contribution in [2.24, 2.45) is 0 Å². The number of hydrogen-bond donors (Lipinski definition) is 1. The zero-order valence-electron chi connectivity index (χ0n) is 17.4. The van der Waals surface area contributed by atoms with Crippen LogP contribution in [0.4, 0.5) is 0 Å². The predicted octanol–water partition coefficient (Wildman–Crippen LogP) is 3.08. The second-order valence-corrected chi connectivity index (χ2v) is 8.54. The van der Waals surface area contributed by atoms with E-state index in [0.717, 1.165) is 35.0 Å². The number of nitrogens with one attached hydrogen (secondary N) is 1. The summed E-state index contributed by atoms with van der Waals surface area (Å²) < 4.78 is 10.8. The summed E-state index contributed by atoms with van der Waals surface area (Å²) in [4.78, 5) is 36.5. The minimum absolute atomic E-state index is 0.0312. The molecule has 158 valence electrons. The fraction of sp³-hybridized carbons (Fsp3) is 0.409. The number of ether oxygens (including phenoxy) is 2. The molecule has 0 bridgehead atoms. The van der Waals surface area contributed by atoms with Crippen LogP contribution in [-0.2, 0) is 30.6 Å². The first-order chi connectivity index (χ1) is 14.5. The maximum Gasteiger partial charge on any atom is 0.259 e. The smallest absolute Gasteiger partial charge is 0.259 e. The molecule has 2 heterocycles. The van der Waals surface area contributed by atoms with Crippen LogP contribution in [0.5, 0.6) is 11.5 Å². The van der Waals surface area contributed by atoms with E-state index < -0.39 is 0 Å². The van der Waals surface area contributed by atoms with Gasteiger partial charge in [-0.2, -0.15) is 0 Å². The number of aromatic nitrogens is 2. The summed E-state index contributed by atoms with van der Waals surface area (Å²) in [6.45, 7) is 0.403. The third-order valence-corrected chi connectivity index (χ3v) is 6.70. The lowest BCUT2D eigenvalue weighted by molar-refractivity contribution is -0.130. The van der Waals surface area contributed by atoms with E-state index >= 15 is 0 Å². The number of thiophene rings is 1. The highest BCUT2D eigenvalue weighted by Gasteiger charge is 2.21. The molecule has 0 aliphatic heterocycles. The first kappa shape index (κ1) is 20.4. The number of hydrogen-bond acceptors (Lipinski definition) is 6. The lowest BCUT2D eigenvalue weighted by atomic mass is 10.1. The highest BCUT2D eigenvalue weighted by Crippen LogP contribution is 2.34. The summed E-state index contributed by atoms with van der Waals surface area (Å²) in [6, 6.07) is 5.61. The number of rotatable bonds is 7. The minimum atomic E-state index is -0.0867. The normalized spacial score (nSPS) is 12.8. The summed E-state index contributed by atoms with van der Waals surface area (Å²) in [5.41, 5.74) is 1.95. The molecule has 0 unspecified atom stereocenters. The number of fused-ring (bicyclic) bond motifs is 3. The van der Waals surface area contributed by atoms with Crippen LogP contribution in [-0.4, -0.2) is 42.0 Å². The number of para-hydroxylation sites is 1. The number of methoxy groups -OCH3 is 2. The average Bonchev–Trinajstić information content (AvgIpc) is 3.32. The zero-order valence-corrected chi connectivity index (χ0v) is 18.2. The molecule has 1 aliphatic rings. The van der Waals surface area contributed by atoms with Crippen molar-refractivity contribution in [1.82, 2.24) is 14.9 Å². The Labute approximate surface area is 178 Å². The quantitative estimate of drug-likeness (QED) is 0.626. The van der Waals surface area contributed by atoms with Crippen LogP contribution >= 0.6 is 11.3 Å². The largest absolute Gasteiger partial charge is 0.493 e. The van der Waals surface area contributed by atoms with E-state index in [1.54, 1.807) is 37.5 Å². The number of aryl methyl sites for hydroxylation is 3. The fourth-order valence-corrected chi connectivity index (χ4v) is 5.28. The van der Waals surface area contributed by atoms with Crippen molar-refractivity contribution < 1.29 is 14.3 Å². The van der Waals surface area contributed by atoms with Crippen LogP contribution < -0.4 is 15.0 Å². The van der Waals surface area contributed by atoms with Gasteiger partial charge in [-0.05, 0) is 30.9 Å². The van der Waals surface area contributed by atoms with E-state index in [4.69, 9.17) is 9.47 Å². The number of nitrogens with zero attached hydrogens (tertiary/aromatic N) is 2. The molecule has 0 radical (unpaired) electrons. The molecule has 3 aromatic rings. The number of amides is 1. The van der Waals surface area contributed by atoms with Gasteiger partial charge in [0.2, 0.25) is 5.91 Å². The van der Waals surface area contributed by atoms with Gasteiger partial charge in [0.05, 0.1) is 19.6 Å². The van der Waals surface area contributed by atoms with Crippen molar-refractivity contribution in [2.75, 3.05) is 21.3 Å². The Balaban J connectivity index is 1.44. The van der Waals surface area contributed by atoms with Gasteiger partial charge in [-0.3, -0.25) is 9.59 Å². The Bertz CT molecular complexity index is 1150. The van der Waals surface area contributed by atoms with Crippen LogP contribution in [0.1, 0.15) is 34.7 Å². The molecular formula is C22H25N3O4S. The van der Waals surface area contributed by atoms with Crippen LogP contribution in [0.15, 0.2) is 23.0 Å².